The number of aliphatic imine (C=N–C) groups is 1. The molecule has 0 aliphatic heterocycles. The maximum Gasteiger partial charge on any atom is 0.130 e. The quantitative estimate of drug-likeness (QED) is 0.498. The van der Waals surface area contributed by atoms with Gasteiger partial charge in [-0.1, -0.05) is 30.3 Å². The highest BCUT2D eigenvalue weighted by atomic mass is 35.5. The van der Waals surface area contributed by atoms with Gasteiger partial charge >= 0.3 is 0 Å². The Labute approximate surface area is 85.7 Å². The molecule has 0 radical (unpaired) electrons. The van der Waals surface area contributed by atoms with Crippen molar-refractivity contribution in [3.8, 4) is 0 Å². The third-order valence-corrected chi connectivity index (χ3v) is 1.67. The molecular formula is C10H15ClN2. The van der Waals surface area contributed by atoms with Crippen LogP contribution in [0.4, 0.5) is 0 Å². The van der Waals surface area contributed by atoms with E-state index in [9.17, 15) is 0 Å². The first kappa shape index (κ1) is 12.0. The number of rotatable bonds is 1. The van der Waals surface area contributed by atoms with Crippen molar-refractivity contribution in [3.05, 3.63) is 35.9 Å². The zero-order valence-corrected chi connectivity index (χ0v) is 9.01. The van der Waals surface area contributed by atoms with Gasteiger partial charge in [-0.15, -0.1) is 12.4 Å². The van der Waals surface area contributed by atoms with E-state index in [0.29, 0.717) is 0 Å². The minimum atomic E-state index is 0. The van der Waals surface area contributed by atoms with E-state index < -0.39 is 0 Å². The van der Waals surface area contributed by atoms with E-state index in [1.807, 2.05) is 44.2 Å². The monoisotopic (exact) mass is 198 g/mol. The first-order valence-electron chi connectivity index (χ1n) is 3.95. The molecule has 0 atom stereocenters. The second-order valence-electron chi connectivity index (χ2n) is 2.81. The molecule has 0 saturated carbocycles. The largest absolute Gasteiger partial charge is 0.363 e. The third kappa shape index (κ3) is 3.07. The van der Waals surface area contributed by atoms with Crippen molar-refractivity contribution in [2.24, 2.45) is 4.99 Å². The Morgan fingerprint density at radius 2 is 1.69 bits per heavy atom. The lowest BCUT2D eigenvalue weighted by Gasteiger charge is -2.14. The van der Waals surface area contributed by atoms with Crippen LogP contribution in [-0.2, 0) is 0 Å². The molecule has 0 spiro atoms. The molecule has 72 valence electrons. The molecule has 0 N–H and O–H groups in total. The lowest BCUT2D eigenvalue weighted by atomic mass is 10.2. The SMILES string of the molecule is CN=C(c1ccccc1)N(C)C.Cl. The normalized spacial score (nSPS) is 10.5. The van der Waals surface area contributed by atoms with Gasteiger partial charge in [0, 0.05) is 26.7 Å². The second kappa shape index (κ2) is 5.60. The first-order valence-corrected chi connectivity index (χ1v) is 3.95. The van der Waals surface area contributed by atoms with Gasteiger partial charge in [-0.05, 0) is 0 Å². The summed E-state index contributed by atoms with van der Waals surface area (Å²) in [5.41, 5.74) is 1.16. The Kier molecular flexibility index (Phi) is 5.16. The maximum absolute atomic E-state index is 4.20. The first-order chi connectivity index (χ1) is 5.75. The van der Waals surface area contributed by atoms with Crippen molar-refractivity contribution in [2.75, 3.05) is 21.1 Å². The molecule has 0 aromatic heterocycles. The summed E-state index contributed by atoms with van der Waals surface area (Å²) in [6, 6.07) is 10.2. The minimum absolute atomic E-state index is 0. The molecular weight excluding hydrogens is 184 g/mol. The van der Waals surface area contributed by atoms with Crippen molar-refractivity contribution >= 4 is 18.2 Å². The highest BCUT2D eigenvalue weighted by Gasteiger charge is 2.01. The molecule has 0 amide bonds. The molecule has 0 saturated heterocycles. The van der Waals surface area contributed by atoms with Crippen LogP contribution in [0.5, 0.6) is 0 Å². The maximum atomic E-state index is 4.20. The van der Waals surface area contributed by atoms with Gasteiger partial charge in [0.2, 0.25) is 0 Å². The Morgan fingerprint density at radius 1 is 1.15 bits per heavy atom. The Morgan fingerprint density at radius 3 is 2.08 bits per heavy atom. The molecule has 0 aliphatic carbocycles. The van der Waals surface area contributed by atoms with Crippen LogP contribution in [0.1, 0.15) is 5.56 Å². The van der Waals surface area contributed by atoms with Crippen LogP contribution in [0.25, 0.3) is 0 Å². The van der Waals surface area contributed by atoms with E-state index in [1.54, 1.807) is 0 Å². The number of amidine groups is 1. The number of nitrogens with zero attached hydrogens (tertiary/aromatic N) is 2. The fraction of sp³-hybridized carbons (Fsp3) is 0.300. The molecule has 2 nitrogen and oxygen atoms in total. The van der Waals surface area contributed by atoms with E-state index in [4.69, 9.17) is 0 Å². The van der Waals surface area contributed by atoms with Crippen molar-refractivity contribution in [2.45, 2.75) is 0 Å². The highest BCUT2D eigenvalue weighted by molar-refractivity contribution is 5.98. The molecule has 1 rings (SSSR count). The van der Waals surface area contributed by atoms with Gasteiger partial charge in [0.15, 0.2) is 0 Å². The second-order valence-corrected chi connectivity index (χ2v) is 2.81. The Balaban J connectivity index is 0.00000144. The molecule has 1 aromatic carbocycles. The molecule has 0 heterocycles. The van der Waals surface area contributed by atoms with Crippen LogP contribution >= 0.6 is 12.4 Å². The molecule has 1 aromatic rings. The summed E-state index contributed by atoms with van der Waals surface area (Å²) in [4.78, 5) is 6.21. The summed E-state index contributed by atoms with van der Waals surface area (Å²) in [5.74, 6) is 1.01. The van der Waals surface area contributed by atoms with Crippen LogP contribution in [-0.4, -0.2) is 31.9 Å². The number of hydrogen-bond donors (Lipinski definition) is 0. The number of hydrogen-bond acceptors (Lipinski definition) is 1. The zero-order valence-electron chi connectivity index (χ0n) is 8.19. The zero-order chi connectivity index (χ0) is 8.97. The van der Waals surface area contributed by atoms with Gasteiger partial charge in [0.1, 0.15) is 5.84 Å². The van der Waals surface area contributed by atoms with Crippen LogP contribution in [0.3, 0.4) is 0 Å². The molecule has 0 unspecified atom stereocenters. The van der Waals surface area contributed by atoms with E-state index in [2.05, 4.69) is 17.1 Å². The lowest BCUT2D eigenvalue weighted by Crippen LogP contribution is -2.22. The predicted molar refractivity (Wildman–Crippen MR) is 59.8 cm³/mol. The lowest BCUT2D eigenvalue weighted by molar-refractivity contribution is 0.622. The molecule has 13 heavy (non-hydrogen) atoms. The van der Waals surface area contributed by atoms with Crippen LogP contribution < -0.4 is 0 Å². The number of halogens is 1. The average molecular weight is 199 g/mol. The van der Waals surface area contributed by atoms with Crippen molar-refractivity contribution in [1.82, 2.24) is 4.90 Å². The third-order valence-electron chi connectivity index (χ3n) is 1.67. The van der Waals surface area contributed by atoms with E-state index in [1.165, 1.54) is 0 Å². The number of benzene rings is 1. The van der Waals surface area contributed by atoms with Crippen LogP contribution in [0, 0.1) is 0 Å². The topological polar surface area (TPSA) is 15.6 Å². The molecule has 0 bridgehead atoms. The van der Waals surface area contributed by atoms with Gasteiger partial charge in [0.25, 0.3) is 0 Å². The van der Waals surface area contributed by atoms with E-state index >= 15 is 0 Å². The summed E-state index contributed by atoms with van der Waals surface area (Å²) < 4.78 is 0. The summed E-state index contributed by atoms with van der Waals surface area (Å²) in [6.07, 6.45) is 0. The standard InChI is InChI=1S/C10H14N2.ClH/c1-11-10(12(2)3)9-7-5-4-6-8-9;/h4-8H,1-3H3;1H. The van der Waals surface area contributed by atoms with Gasteiger partial charge in [-0.25, -0.2) is 0 Å². The minimum Gasteiger partial charge on any atom is -0.363 e. The van der Waals surface area contributed by atoms with Crippen molar-refractivity contribution < 1.29 is 0 Å². The van der Waals surface area contributed by atoms with Crippen molar-refractivity contribution in [1.29, 1.82) is 0 Å². The Bertz CT molecular complexity index is 268. The van der Waals surface area contributed by atoms with Gasteiger partial charge in [-0.2, -0.15) is 0 Å². The van der Waals surface area contributed by atoms with Gasteiger partial charge in [0.05, 0.1) is 0 Å². The summed E-state index contributed by atoms with van der Waals surface area (Å²) in [6.45, 7) is 0. The summed E-state index contributed by atoms with van der Waals surface area (Å²) in [5, 5.41) is 0. The van der Waals surface area contributed by atoms with Crippen molar-refractivity contribution in [3.63, 3.8) is 0 Å². The summed E-state index contributed by atoms with van der Waals surface area (Å²) in [7, 11) is 5.80. The van der Waals surface area contributed by atoms with E-state index in [-0.39, 0.29) is 12.4 Å². The smallest absolute Gasteiger partial charge is 0.130 e. The fourth-order valence-corrected chi connectivity index (χ4v) is 1.17. The van der Waals surface area contributed by atoms with Crippen LogP contribution in [0.15, 0.2) is 35.3 Å². The van der Waals surface area contributed by atoms with E-state index in [0.717, 1.165) is 11.4 Å². The molecule has 0 aliphatic rings. The Hall–Kier alpha value is -1.02. The highest BCUT2D eigenvalue weighted by Crippen LogP contribution is 2.02. The fourth-order valence-electron chi connectivity index (χ4n) is 1.17. The molecule has 0 fully saturated rings. The van der Waals surface area contributed by atoms with Gasteiger partial charge in [-0.3, -0.25) is 4.99 Å². The molecule has 3 heteroatoms. The van der Waals surface area contributed by atoms with Crippen LogP contribution in [0.2, 0.25) is 0 Å². The predicted octanol–water partition coefficient (Wildman–Crippen LogP) is 2.05. The van der Waals surface area contributed by atoms with Gasteiger partial charge < -0.3 is 4.90 Å². The average Bonchev–Trinajstić information content (AvgIpc) is 2.07. The summed E-state index contributed by atoms with van der Waals surface area (Å²) >= 11 is 0.